The third kappa shape index (κ3) is 5.36. The summed E-state index contributed by atoms with van der Waals surface area (Å²) < 4.78 is 39.1. The van der Waals surface area contributed by atoms with Crippen molar-refractivity contribution < 1.29 is 18.3 Å². The molecule has 0 aromatic heterocycles. The van der Waals surface area contributed by atoms with Gasteiger partial charge in [0.2, 0.25) is 11.6 Å². The number of rotatable bonds is 7. The van der Waals surface area contributed by atoms with Crippen molar-refractivity contribution in [3.63, 3.8) is 0 Å². The number of hydrogen-bond donors (Lipinski definition) is 0. The highest BCUT2D eigenvalue weighted by atomic mass is 19.2. The summed E-state index contributed by atoms with van der Waals surface area (Å²) in [5, 5.41) is 0. The zero-order chi connectivity index (χ0) is 19.2. The lowest BCUT2D eigenvalue weighted by Gasteiger charge is -2.37. The average Bonchev–Trinajstić information content (AvgIpc) is 2.69. The van der Waals surface area contributed by atoms with Crippen LogP contribution in [0.25, 0.3) is 0 Å². The fourth-order valence-electron chi connectivity index (χ4n) is 4.74. The van der Waals surface area contributed by atoms with E-state index < -0.39 is 11.6 Å². The molecule has 2 aliphatic rings. The van der Waals surface area contributed by atoms with E-state index in [-0.39, 0.29) is 11.5 Å². The highest BCUT2D eigenvalue weighted by Gasteiger charge is 2.30. The summed E-state index contributed by atoms with van der Waals surface area (Å²) in [6.07, 6.45) is 11.1. The molecule has 4 heteroatoms. The van der Waals surface area contributed by atoms with Gasteiger partial charge in [0.05, 0.1) is 13.2 Å². The molecule has 0 bridgehead atoms. The Bertz CT molecular complexity index is 588. The Morgan fingerprint density at radius 2 is 1.33 bits per heavy atom. The highest BCUT2D eigenvalue weighted by Crippen LogP contribution is 2.41. The monoisotopic (exact) mass is 380 g/mol. The molecule has 3 rings (SSSR count). The molecular weight excluding hydrogens is 346 g/mol. The molecule has 0 saturated heterocycles. The first-order chi connectivity index (χ1) is 13.1. The van der Waals surface area contributed by atoms with E-state index in [1.807, 2.05) is 6.92 Å². The molecule has 27 heavy (non-hydrogen) atoms. The van der Waals surface area contributed by atoms with Crippen molar-refractivity contribution in [2.24, 2.45) is 23.7 Å². The Labute approximate surface area is 162 Å². The topological polar surface area (TPSA) is 18.5 Å². The molecule has 2 saturated carbocycles. The molecule has 2 fully saturated rings. The Kier molecular flexibility index (Phi) is 7.37. The molecule has 0 atom stereocenters. The van der Waals surface area contributed by atoms with Gasteiger partial charge in [-0.2, -0.15) is 8.78 Å². The van der Waals surface area contributed by atoms with E-state index in [0.717, 1.165) is 37.0 Å². The van der Waals surface area contributed by atoms with Crippen LogP contribution in [0.1, 0.15) is 71.6 Å². The standard InChI is InChI=1S/C23H34F2O2/c1-3-14-26-20-12-13-21(23(25)22(20)24)27-15-17-6-10-19(11-7-17)18-8-4-16(2)5-9-18/h12-13,16-19H,3-11,14-15H2,1-2H3. The Morgan fingerprint density at radius 1 is 0.815 bits per heavy atom. The third-order valence-electron chi connectivity index (χ3n) is 6.57. The van der Waals surface area contributed by atoms with Gasteiger partial charge in [0.15, 0.2) is 11.5 Å². The van der Waals surface area contributed by atoms with Crippen LogP contribution in [0.4, 0.5) is 8.78 Å². The molecule has 1 aromatic carbocycles. The van der Waals surface area contributed by atoms with Crippen molar-refractivity contribution in [3.05, 3.63) is 23.8 Å². The predicted molar refractivity (Wildman–Crippen MR) is 104 cm³/mol. The van der Waals surface area contributed by atoms with Crippen molar-refractivity contribution in [2.75, 3.05) is 13.2 Å². The normalized spacial score (nSPS) is 28.7. The van der Waals surface area contributed by atoms with E-state index >= 15 is 0 Å². The summed E-state index contributed by atoms with van der Waals surface area (Å²) in [4.78, 5) is 0. The van der Waals surface area contributed by atoms with E-state index in [1.54, 1.807) is 0 Å². The maximum Gasteiger partial charge on any atom is 0.204 e. The first-order valence-electron chi connectivity index (χ1n) is 10.8. The summed E-state index contributed by atoms with van der Waals surface area (Å²) in [6, 6.07) is 2.95. The lowest BCUT2D eigenvalue weighted by Crippen LogP contribution is -2.27. The van der Waals surface area contributed by atoms with Crippen LogP contribution >= 0.6 is 0 Å². The largest absolute Gasteiger partial charge is 0.490 e. The third-order valence-corrected chi connectivity index (χ3v) is 6.57. The maximum atomic E-state index is 14.2. The second-order valence-electron chi connectivity index (χ2n) is 8.65. The van der Waals surface area contributed by atoms with Gasteiger partial charge in [-0.15, -0.1) is 0 Å². The van der Waals surface area contributed by atoms with Crippen LogP contribution in [0.5, 0.6) is 11.5 Å². The highest BCUT2D eigenvalue weighted by molar-refractivity contribution is 5.35. The molecule has 2 nitrogen and oxygen atoms in total. The zero-order valence-corrected chi connectivity index (χ0v) is 16.8. The van der Waals surface area contributed by atoms with Crippen LogP contribution < -0.4 is 9.47 Å². The quantitative estimate of drug-likeness (QED) is 0.520. The molecule has 152 valence electrons. The van der Waals surface area contributed by atoms with Crippen molar-refractivity contribution >= 4 is 0 Å². The van der Waals surface area contributed by atoms with Crippen LogP contribution in [0, 0.1) is 35.3 Å². The Balaban J connectivity index is 1.45. The molecular formula is C23H34F2O2. The Hall–Kier alpha value is -1.32. The van der Waals surface area contributed by atoms with E-state index in [4.69, 9.17) is 9.47 Å². The SMILES string of the molecule is CCCOc1ccc(OCC2CCC(C3CCC(C)CC3)CC2)c(F)c1F. The molecule has 1 aromatic rings. The number of halogens is 2. The number of ether oxygens (including phenoxy) is 2. The van der Waals surface area contributed by atoms with Gasteiger partial charge in [-0.1, -0.05) is 26.7 Å². The number of hydrogen-bond acceptors (Lipinski definition) is 2. The molecule has 0 aliphatic heterocycles. The maximum absolute atomic E-state index is 14.2. The molecule has 2 aliphatic carbocycles. The summed E-state index contributed by atoms with van der Waals surface area (Å²) in [6.45, 7) is 5.14. The lowest BCUT2D eigenvalue weighted by atomic mass is 9.69. The minimum absolute atomic E-state index is 0.000241. The van der Waals surface area contributed by atoms with Gasteiger partial charge in [0.1, 0.15) is 0 Å². The molecule has 0 unspecified atom stereocenters. The van der Waals surface area contributed by atoms with Crippen LogP contribution in [-0.2, 0) is 0 Å². The van der Waals surface area contributed by atoms with Crippen LogP contribution in [0.3, 0.4) is 0 Å². The van der Waals surface area contributed by atoms with Crippen LogP contribution in [-0.4, -0.2) is 13.2 Å². The average molecular weight is 381 g/mol. The fraction of sp³-hybridized carbons (Fsp3) is 0.739. The van der Waals surface area contributed by atoms with E-state index in [0.29, 0.717) is 19.1 Å². The number of benzene rings is 1. The van der Waals surface area contributed by atoms with Gasteiger partial charge in [-0.25, -0.2) is 0 Å². The lowest BCUT2D eigenvalue weighted by molar-refractivity contribution is 0.124. The van der Waals surface area contributed by atoms with Gasteiger partial charge >= 0.3 is 0 Å². The molecule has 0 N–H and O–H groups in total. The van der Waals surface area contributed by atoms with Gasteiger partial charge < -0.3 is 9.47 Å². The van der Waals surface area contributed by atoms with Crippen LogP contribution in [0.2, 0.25) is 0 Å². The second-order valence-corrected chi connectivity index (χ2v) is 8.65. The van der Waals surface area contributed by atoms with Crippen molar-refractivity contribution in [3.8, 4) is 11.5 Å². The van der Waals surface area contributed by atoms with E-state index in [9.17, 15) is 8.78 Å². The molecule has 0 heterocycles. The summed E-state index contributed by atoms with van der Waals surface area (Å²) >= 11 is 0. The van der Waals surface area contributed by atoms with E-state index in [1.165, 1.54) is 50.7 Å². The first kappa shape index (κ1) is 20.4. The van der Waals surface area contributed by atoms with Crippen LogP contribution in [0.15, 0.2) is 12.1 Å². The summed E-state index contributed by atoms with van der Waals surface area (Å²) in [5.74, 6) is 1.19. The minimum Gasteiger partial charge on any atom is -0.490 e. The van der Waals surface area contributed by atoms with Gasteiger partial charge in [0, 0.05) is 0 Å². The first-order valence-corrected chi connectivity index (χ1v) is 10.8. The summed E-state index contributed by atoms with van der Waals surface area (Å²) in [7, 11) is 0. The Morgan fingerprint density at radius 3 is 1.89 bits per heavy atom. The fourth-order valence-corrected chi connectivity index (χ4v) is 4.74. The van der Waals surface area contributed by atoms with Crippen molar-refractivity contribution in [1.29, 1.82) is 0 Å². The van der Waals surface area contributed by atoms with E-state index in [2.05, 4.69) is 6.92 Å². The van der Waals surface area contributed by atoms with Gasteiger partial charge in [-0.05, 0) is 80.8 Å². The summed E-state index contributed by atoms with van der Waals surface area (Å²) in [5.41, 5.74) is 0. The zero-order valence-electron chi connectivity index (χ0n) is 16.8. The second kappa shape index (κ2) is 9.75. The minimum atomic E-state index is -0.948. The van der Waals surface area contributed by atoms with Crippen molar-refractivity contribution in [1.82, 2.24) is 0 Å². The molecule has 0 spiro atoms. The smallest absolute Gasteiger partial charge is 0.204 e. The molecule has 0 radical (unpaired) electrons. The predicted octanol–water partition coefficient (Wildman–Crippen LogP) is 6.77. The van der Waals surface area contributed by atoms with Gasteiger partial charge in [-0.3, -0.25) is 0 Å². The molecule has 0 amide bonds. The van der Waals surface area contributed by atoms with Crippen molar-refractivity contribution in [2.45, 2.75) is 71.6 Å². The van der Waals surface area contributed by atoms with Gasteiger partial charge in [0.25, 0.3) is 0 Å².